The minimum absolute atomic E-state index is 0.606. The summed E-state index contributed by atoms with van der Waals surface area (Å²) in [6.45, 7) is 1.58. The van der Waals surface area contributed by atoms with Gasteiger partial charge in [0.05, 0.1) is 12.0 Å². The second kappa shape index (κ2) is 9.18. The van der Waals surface area contributed by atoms with E-state index < -0.39 is 66.2 Å². The summed E-state index contributed by atoms with van der Waals surface area (Å²) in [6, 6.07) is 0. The number of rotatable bonds is 11. The maximum atomic E-state index is 11.1. The third-order valence-corrected chi connectivity index (χ3v) is 3.62. The van der Waals surface area contributed by atoms with Gasteiger partial charge in [-0.1, -0.05) is 0 Å². The molecule has 0 aliphatic carbocycles. The number of hydrogen-bond donors (Lipinski definition) is 9. The molecule has 0 rings (SSSR count). The Bertz CT molecular complexity index is 518. The molecule has 26 heavy (non-hydrogen) atoms. The van der Waals surface area contributed by atoms with Gasteiger partial charge < -0.3 is 50.7 Å². The summed E-state index contributed by atoms with van der Waals surface area (Å²) in [7, 11) is 0. The standard InChI is InChI=1S/C13H22O13/c1-3(10(19)20)4(14)6(16)9(18)13(2,25)26-8(12(23)24)5(15)7(17)11(21)22/h3-9,14-18,25H,1-2H3,(H,19,20)(H,21,22)(H,23,24). The van der Waals surface area contributed by atoms with Gasteiger partial charge >= 0.3 is 17.9 Å². The van der Waals surface area contributed by atoms with E-state index in [2.05, 4.69) is 4.74 Å². The lowest BCUT2D eigenvalue weighted by atomic mass is 9.93. The van der Waals surface area contributed by atoms with Crippen LogP contribution in [-0.2, 0) is 19.1 Å². The van der Waals surface area contributed by atoms with Crippen molar-refractivity contribution < 1.29 is 65.1 Å². The van der Waals surface area contributed by atoms with E-state index in [1.807, 2.05) is 0 Å². The molecular formula is C13H22O13. The van der Waals surface area contributed by atoms with Crippen molar-refractivity contribution in [1.82, 2.24) is 0 Å². The molecule has 13 heteroatoms. The Kier molecular flexibility index (Phi) is 8.52. The van der Waals surface area contributed by atoms with Gasteiger partial charge in [0.25, 0.3) is 0 Å². The first kappa shape index (κ1) is 24.1. The lowest BCUT2D eigenvalue weighted by Crippen LogP contribution is -2.59. The van der Waals surface area contributed by atoms with Gasteiger partial charge in [0.2, 0.25) is 0 Å². The highest BCUT2D eigenvalue weighted by Crippen LogP contribution is 2.23. The number of carboxylic acid groups (broad SMARTS) is 3. The van der Waals surface area contributed by atoms with Crippen LogP contribution in [0.25, 0.3) is 0 Å². The predicted octanol–water partition coefficient (Wildman–Crippen LogP) is -4.23. The van der Waals surface area contributed by atoms with Crippen LogP contribution in [0.2, 0.25) is 0 Å². The van der Waals surface area contributed by atoms with Crippen molar-refractivity contribution in [2.45, 2.75) is 56.3 Å². The van der Waals surface area contributed by atoms with Crippen molar-refractivity contribution >= 4 is 17.9 Å². The Morgan fingerprint density at radius 2 is 1.27 bits per heavy atom. The van der Waals surface area contributed by atoms with Crippen molar-refractivity contribution in [3.63, 3.8) is 0 Å². The molecule has 0 saturated heterocycles. The van der Waals surface area contributed by atoms with E-state index in [4.69, 9.17) is 15.3 Å². The predicted molar refractivity (Wildman–Crippen MR) is 77.6 cm³/mol. The average molecular weight is 386 g/mol. The minimum atomic E-state index is -3.00. The molecule has 0 aromatic heterocycles. The van der Waals surface area contributed by atoms with Gasteiger partial charge in [-0.3, -0.25) is 4.79 Å². The molecule has 8 unspecified atom stereocenters. The Balaban J connectivity index is 5.41. The molecule has 0 aliphatic rings. The van der Waals surface area contributed by atoms with Crippen LogP contribution in [0, 0.1) is 5.92 Å². The van der Waals surface area contributed by atoms with E-state index in [9.17, 15) is 45.0 Å². The molecule has 0 radical (unpaired) electrons. The molecule has 0 spiro atoms. The highest BCUT2D eigenvalue weighted by atomic mass is 16.7. The van der Waals surface area contributed by atoms with Crippen LogP contribution < -0.4 is 0 Å². The van der Waals surface area contributed by atoms with Crippen LogP contribution in [-0.4, -0.2) is 106 Å². The highest BCUT2D eigenvalue weighted by Gasteiger charge is 2.47. The summed E-state index contributed by atoms with van der Waals surface area (Å²) in [5, 5.41) is 84.3. The Morgan fingerprint density at radius 1 is 0.808 bits per heavy atom. The first-order chi connectivity index (χ1) is 11.6. The molecule has 0 amide bonds. The summed E-state index contributed by atoms with van der Waals surface area (Å²) < 4.78 is 4.52. The Labute approximate surface area is 146 Å². The van der Waals surface area contributed by atoms with Gasteiger partial charge in [-0.25, -0.2) is 9.59 Å². The molecular weight excluding hydrogens is 364 g/mol. The van der Waals surface area contributed by atoms with Gasteiger partial charge in [-0.05, 0) is 13.8 Å². The van der Waals surface area contributed by atoms with Crippen molar-refractivity contribution in [3.05, 3.63) is 0 Å². The lowest BCUT2D eigenvalue weighted by molar-refractivity contribution is -0.300. The van der Waals surface area contributed by atoms with Gasteiger partial charge in [0, 0.05) is 0 Å². The van der Waals surface area contributed by atoms with Crippen LogP contribution in [0.1, 0.15) is 13.8 Å². The number of carbonyl (C=O) groups is 3. The molecule has 8 atom stereocenters. The van der Waals surface area contributed by atoms with Crippen molar-refractivity contribution in [3.8, 4) is 0 Å². The van der Waals surface area contributed by atoms with Crippen LogP contribution in [0.5, 0.6) is 0 Å². The number of aliphatic hydroxyl groups excluding tert-OH is 5. The monoisotopic (exact) mass is 386 g/mol. The zero-order valence-electron chi connectivity index (χ0n) is 13.7. The SMILES string of the molecule is CC(C(=O)O)C(O)C(O)C(O)C(C)(O)OC(C(=O)O)C(O)C(O)C(=O)O. The maximum Gasteiger partial charge on any atom is 0.335 e. The minimum Gasteiger partial charge on any atom is -0.481 e. The topological polar surface area (TPSA) is 243 Å². The summed E-state index contributed by atoms with van der Waals surface area (Å²) in [5.74, 6) is -10.2. The molecule has 9 N–H and O–H groups in total. The van der Waals surface area contributed by atoms with E-state index in [1.54, 1.807) is 0 Å². The zero-order chi connectivity index (χ0) is 21.0. The largest absolute Gasteiger partial charge is 0.481 e. The molecule has 0 heterocycles. The Hall–Kier alpha value is -1.87. The fourth-order valence-corrected chi connectivity index (χ4v) is 1.85. The quantitative estimate of drug-likeness (QED) is 0.153. The Morgan fingerprint density at radius 3 is 1.62 bits per heavy atom. The van der Waals surface area contributed by atoms with Gasteiger partial charge in [0.1, 0.15) is 18.3 Å². The van der Waals surface area contributed by atoms with Crippen LogP contribution in [0.3, 0.4) is 0 Å². The van der Waals surface area contributed by atoms with Crippen LogP contribution >= 0.6 is 0 Å². The number of aliphatic hydroxyl groups is 6. The molecule has 0 fully saturated rings. The second-order valence-electron chi connectivity index (χ2n) is 5.76. The summed E-state index contributed by atoms with van der Waals surface area (Å²) >= 11 is 0. The van der Waals surface area contributed by atoms with Crippen molar-refractivity contribution in [1.29, 1.82) is 0 Å². The average Bonchev–Trinajstić information content (AvgIpc) is 2.54. The van der Waals surface area contributed by atoms with Gasteiger partial charge in [-0.2, -0.15) is 0 Å². The fourth-order valence-electron chi connectivity index (χ4n) is 1.85. The highest BCUT2D eigenvalue weighted by molar-refractivity contribution is 5.77. The molecule has 13 nitrogen and oxygen atoms in total. The first-order valence-electron chi connectivity index (χ1n) is 7.14. The van der Waals surface area contributed by atoms with E-state index in [1.165, 1.54) is 0 Å². The van der Waals surface area contributed by atoms with Crippen LogP contribution in [0.4, 0.5) is 0 Å². The lowest BCUT2D eigenvalue weighted by Gasteiger charge is -2.37. The third-order valence-electron chi connectivity index (χ3n) is 3.62. The smallest absolute Gasteiger partial charge is 0.335 e. The molecule has 0 aromatic rings. The van der Waals surface area contributed by atoms with Gasteiger partial charge in [0.15, 0.2) is 18.0 Å². The second-order valence-corrected chi connectivity index (χ2v) is 5.76. The van der Waals surface area contributed by atoms with E-state index in [0.29, 0.717) is 6.92 Å². The van der Waals surface area contributed by atoms with E-state index in [0.717, 1.165) is 6.92 Å². The summed E-state index contributed by atoms with van der Waals surface area (Å²) in [4.78, 5) is 32.5. The van der Waals surface area contributed by atoms with E-state index >= 15 is 0 Å². The zero-order valence-corrected chi connectivity index (χ0v) is 13.7. The number of carboxylic acids is 3. The maximum absolute atomic E-state index is 11.1. The fraction of sp³-hybridized carbons (Fsp3) is 0.769. The summed E-state index contributed by atoms with van der Waals surface area (Å²) in [5.41, 5.74) is 0. The molecule has 0 bridgehead atoms. The van der Waals surface area contributed by atoms with Crippen molar-refractivity contribution in [2.75, 3.05) is 0 Å². The van der Waals surface area contributed by atoms with E-state index in [-0.39, 0.29) is 0 Å². The summed E-state index contributed by atoms with van der Waals surface area (Å²) in [6.07, 6.45) is -14.7. The normalized spacial score (nSPS) is 22.2. The van der Waals surface area contributed by atoms with Crippen LogP contribution in [0.15, 0.2) is 0 Å². The molecule has 0 saturated carbocycles. The third kappa shape index (κ3) is 5.84. The van der Waals surface area contributed by atoms with Gasteiger partial charge in [-0.15, -0.1) is 0 Å². The van der Waals surface area contributed by atoms with Crippen molar-refractivity contribution in [2.24, 2.45) is 5.92 Å². The molecule has 0 aliphatic heterocycles. The number of ether oxygens (including phenoxy) is 1. The molecule has 152 valence electrons. The molecule has 0 aromatic carbocycles. The number of aliphatic carboxylic acids is 3. The first-order valence-corrected chi connectivity index (χ1v) is 7.14. The number of hydrogen-bond acceptors (Lipinski definition) is 10.